The molecule has 2 aromatic heterocycles. The molecule has 0 atom stereocenters. The van der Waals surface area contributed by atoms with E-state index in [0.717, 1.165) is 15.8 Å². The van der Waals surface area contributed by atoms with Crippen molar-refractivity contribution in [1.29, 1.82) is 0 Å². The van der Waals surface area contributed by atoms with Crippen molar-refractivity contribution in [3.63, 3.8) is 0 Å². The third-order valence-corrected chi connectivity index (χ3v) is 3.83. The van der Waals surface area contributed by atoms with Crippen molar-refractivity contribution in [2.45, 2.75) is 6.92 Å². The summed E-state index contributed by atoms with van der Waals surface area (Å²) in [4.78, 5) is 9.29. The molecule has 0 saturated heterocycles. The standard InChI is InChI=1S/C13H11ClN4OS/c1-7-2-3-9(14)10(6-7)19-11-8-4-5-20-12(8)17-13(16-11)18-15/h2-6H,15H2,1H3,(H,16,17,18). The molecule has 7 heteroatoms. The summed E-state index contributed by atoms with van der Waals surface area (Å²) < 4.78 is 5.83. The maximum Gasteiger partial charge on any atom is 0.241 e. The number of nitrogens with zero attached hydrogens (tertiary/aromatic N) is 2. The number of aromatic nitrogens is 2. The maximum atomic E-state index is 6.14. The maximum absolute atomic E-state index is 6.14. The van der Waals surface area contributed by atoms with Gasteiger partial charge in [-0.05, 0) is 36.1 Å². The van der Waals surface area contributed by atoms with E-state index in [9.17, 15) is 0 Å². The van der Waals surface area contributed by atoms with Crippen molar-refractivity contribution in [2.75, 3.05) is 5.43 Å². The lowest BCUT2D eigenvalue weighted by atomic mass is 10.2. The first-order valence-electron chi connectivity index (χ1n) is 5.83. The van der Waals surface area contributed by atoms with Crippen molar-refractivity contribution in [3.8, 4) is 11.6 Å². The van der Waals surface area contributed by atoms with Crippen LogP contribution in [-0.2, 0) is 0 Å². The number of hydrogen-bond donors (Lipinski definition) is 2. The Morgan fingerprint density at radius 2 is 2.15 bits per heavy atom. The van der Waals surface area contributed by atoms with Crippen LogP contribution in [0.25, 0.3) is 10.2 Å². The van der Waals surface area contributed by atoms with Crippen molar-refractivity contribution < 1.29 is 4.74 Å². The van der Waals surface area contributed by atoms with Crippen LogP contribution < -0.4 is 16.0 Å². The van der Waals surface area contributed by atoms with Gasteiger partial charge in [-0.25, -0.2) is 10.8 Å². The van der Waals surface area contributed by atoms with E-state index in [1.165, 1.54) is 11.3 Å². The molecule has 0 aliphatic carbocycles. The number of nitrogen functional groups attached to an aromatic ring is 1. The predicted octanol–water partition coefficient (Wildman–Crippen LogP) is 3.73. The van der Waals surface area contributed by atoms with E-state index < -0.39 is 0 Å². The lowest BCUT2D eigenvalue weighted by Gasteiger charge is -2.09. The molecule has 0 spiro atoms. The molecule has 0 radical (unpaired) electrons. The van der Waals surface area contributed by atoms with E-state index in [-0.39, 0.29) is 0 Å². The van der Waals surface area contributed by atoms with Crippen LogP contribution in [0.2, 0.25) is 5.02 Å². The Balaban J connectivity index is 2.09. The van der Waals surface area contributed by atoms with Gasteiger partial charge in [0, 0.05) is 0 Å². The number of rotatable bonds is 3. The molecule has 0 amide bonds. The Bertz CT molecular complexity index is 774. The number of hydrogen-bond acceptors (Lipinski definition) is 6. The molecule has 3 aromatic rings. The minimum Gasteiger partial charge on any atom is -0.437 e. The van der Waals surface area contributed by atoms with Gasteiger partial charge in [-0.2, -0.15) is 4.98 Å². The number of hydrazine groups is 1. The average molecular weight is 307 g/mol. The first kappa shape index (κ1) is 13.1. The zero-order valence-corrected chi connectivity index (χ0v) is 12.1. The van der Waals surface area contributed by atoms with Gasteiger partial charge in [0.05, 0.1) is 10.4 Å². The zero-order chi connectivity index (χ0) is 14.1. The number of aryl methyl sites for hydroxylation is 1. The van der Waals surface area contributed by atoms with Gasteiger partial charge in [-0.3, -0.25) is 5.43 Å². The summed E-state index contributed by atoms with van der Waals surface area (Å²) >= 11 is 7.63. The lowest BCUT2D eigenvalue weighted by molar-refractivity contribution is 0.469. The number of fused-ring (bicyclic) bond motifs is 1. The minimum absolute atomic E-state index is 0.304. The smallest absolute Gasteiger partial charge is 0.241 e. The fourth-order valence-corrected chi connectivity index (χ4v) is 2.67. The largest absolute Gasteiger partial charge is 0.437 e. The molecule has 0 saturated carbocycles. The summed E-state index contributed by atoms with van der Waals surface area (Å²) in [6.07, 6.45) is 0. The van der Waals surface area contributed by atoms with Crippen LogP contribution in [0, 0.1) is 6.92 Å². The third-order valence-electron chi connectivity index (χ3n) is 2.71. The highest BCUT2D eigenvalue weighted by Crippen LogP contribution is 2.34. The molecule has 0 unspecified atom stereocenters. The van der Waals surface area contributed by atoms with Gasteiger partial charge in [-0.15, -0.1) is 11.3 Å². The number of nitrogens with two attached hydrogens (primary N) is 1. The van der Waals surface area contributed by atoms with Gasteiger partial charge in [0.1, 0.15) is 10.6 Å². The highest BCUT2D eigenvalue weighted by molar-refractivity contribution is 7.16. The van der Waals surface area contributed by atoms with Crippen LogP contribution in [0.4, 0.5) is 5.95 Å². The minimum atomic E-state index is 0.304. The fourth-order valence-electron chi connectivity index (χ4n) is 1.76. The quantitative estimate of drug-likeness (QED) is 0.570. The second-order valence-corrected chi connectivity index (χ2v) is 5.47. The molecule has 3 rings (SSSR count). The van der Waals surface area contributed by atoms with E-state index in [1.807, 2.05) is 30.5 Å². The molecule has 0 aliphatic rings. The molecule has 2 heterocycles. The van der Waals surface area contributed by atoms with E-state index in [1.54, 1.807) is 6.07 Å². The molecular formula is C13H11ClN4OS. The van der Waals surface area contributed by atoms with Crippen LogP contribution in [0.5, 0.6) is 11.6 Å². The van der Waals surface area contributed by atoms with E-state index in [2.05, 4.69) is 15.4 Å². The van der Waals surface area contributed by atoms with Gasteiger partial charge in [0.15, 0.2) is 0 Å². The zero-order valence-electron chi connectivity index (χ0n) is 10.6. The highest BCUT2D eigenvalue weighted by atomic mass is 35.5. The number of ether oxygens (including phenoxy) is 1. The van der Waals surface area contributed by atoms with E-state index >= 15 is 0 Å². The van der Waals surface area contributed by atoms with E-state index in [4.69, 9.17) is 22.2 Å². The Morgan fingerprint density at radius 3 is 2.95 bits per heavy atom. The summed E-state index contributed by atoms with van der Waals surface area (Å²) in [5.41, 5.74) is 3.49. The molecule has 0 bridgehead atoms. The summed E-state index contributed by atoms with van der Waals surface area (Å²) in [7, 11) is 0. The molecular weight excluding hydrogens is 296 g/mol. The van der Waals surface area contributed by atoms with Gasteiger partial charge in [0.2, 0.25) is 11.8 Å². The van der Waals surface area contributed by atoms with Crippen LogP contribution in [-0.4, -0.2) is 9.97 Å². The number of anilines is 1. The summed E-state index contributed by atoms with van der Waals surface area (Å²) in [6, 6.07) is 7.47. The van der Waals surface area contributed by atoms with Crippen LogP contribution in [0.15, 0.2) is 29.6 Å². The summed E-state index contributed by atoms with van der Waals surface area (Å²) in [5, 5.41) is 3.27. The molecule has 0 aliphatic heterocycles. The Kier molecular flexibility index (Phi) is 3.43. The summed E-state index contributed by atoms with van der Waals surface area (Å²) in [6.45, 7) is 1.97. The van der Waals surface area contributed by atoms with Crippen LogP contribution in [0.1, 0.15) is 5.56 Å². The molecule has 3 N–H and O–H groups in total. The molecule has 20 heavy (non-hydrogen) atoms. The van der Waals surface area contributed by atoms with Gasteiger partial charge in [0.25, 0.3) is 0 Å². The highest BCUT2D eigenvalue weighted by Gasteiger charge is 2.12. The molecule has 5 nitrogen and oxygen atoms in total. The predicted molar refractivity (Wildman–Crippen MR) is 81.5 cm³/mol. The Hall–Kier alpha value is -1.89. The van der Waals surface area contributed by atoms with Crippen molar-refractivity contribution in [3.05, 3.63) is 40.2 Å². The Labute approximate surface area is 124 Å². The van der Waals surface area contributed by atoms with Crippen molar-refractivity contribution in [1.82, 2.24) is 9.97 Å². The summed E-state index contributed by atoms with van der Waals surface area (Å²) in [5.74, 6) is 6.66. The van der Waals surface area contributed by atoms with Crippen molar-refractivity contribution >= 4 is 39.1 Å². The van der Waals surface area contributed by atoms with Gasteiger partial charge in [-0.1, -0.05) is 17.7 Å². The van der Waals surface area contributed by atoms with Crippen LogP contribution >= 0.6 is 22.9 Å². The SMILES string of the molecule is Cc1ccc(Cl)c(Oc2nc(NN)nc3sccc23)c1. The molecule has 0 fully saturated rings. The normalized spacial score (nSPS) is 10.8. The van der Waals surface area contributed by atoms with Gasteiger partial charge < -0.3 is 4.74 Å². The number of benzene rings is 1. The second kappa shape index (κ2) is 5.24. The lowest BCUT2D eigenvalue weighted by Crippen LogP contribution is -2.10. The van der Waals surface area contributed by atoms with Crippen LogP contribution in [0.3, 0.4) is 0 Å². The number of halogens is 1. The average Bonchev–Trinajstić information content (AvgIpc) is 2.91. The Morgan fingerprint density at radius 1 is 1.30 bits per heavy atom. The second-order valence-electron chi connectivity index (χ2n) is 4.17. The topological polar surface area (TPSA) is 73.1 Å². The monoisotopic (exact) mass is 306 g/mol. The number of thiophene rings is 1. The van der Waals surface area contributed by atoms with Crippen molar-refractivity contribution in [2.24, 2.45) is 5.84 Å². The number of nitrogens with one attached hydrogen (secondary N) is 1. The fraction of sp³-hybridized carbons (Fsp3) is 0.0769. The molecule has 102 valence electrons. The molecule has 1 aromatic carbocycles. The van der Waals surface area contributed by atoms with E-state index in [0.29, 0.717) is 22.6 Å². The third kappa shape index (κ3) is 2.40. The first-order valence-corrected chi connectivity index (χ1v) is 7.09. The van der Waals surface area contributed by atoms with Gasteiger partial charge >= 0.3 is 0 Å². The first-order chi connectivity index (χ1) is 9.67.